The molecule has 0 amide bonds. The Bertz CT molecular complexity index is 285. The minimum atomic E-state index is 0.245. The first-order chi connectivity index (χ1) is 6.63. The monoisotopic (exact) mass is 211 g/mol. The molecule has 0 spiro atoms. The Morgan fingerprint density at radius 1 is 1.43 bits per heavy atom. The molecule has 78 valence electrons. The van der Waals surface area contributed by atoms with Crippen molar-refractivity contribution in [2.45, 2.75) is 39.2 Å². The standard InChI is InChI=1S/C10H12ClN.C2H6/c1-8-4-3-5-9(11)12(8)10(2)6-7-10;1-2/h3-5H,1,6-7H2,2H3;1-2H3. The van der Waals surface area contributed by atoms with Gasteiger partial charge in [-0.3, -0.25) is 0 Å². The second-order valence-corrected chi connectivity index (χ2v) is 4.06. The molecule has 1 aliphatic heterocycles. The lowest BCUT2D eigenvalue weighted by Gasteiger charge is -2.32. The van der Waals surface area contributed by atoms with Crippen LogP contribution in [0.4, 0.5) is 0 Å². The summed E-state index contributed by atoms with van der Waals surface area (Å²) >= 11 is 6.08. The lowest BCUT2D eigenvalue weighted by atomic mass is 10.2. The predicted octanol–water partition coefficient (Wildman–Crippen LogP) is 4.03. The summed E-state index contributed by atoms with van der Waals surface area (Å²) in [5, 5.41) is 0.794. The van der Waals surface area contributed by atoms with Gasteiger partial charge in [0.05, 0.1) is 0 Å². The summed E-state index contributed by atoms with van der Waals surface area (Å²) in [6.07, 6.45) is 8.27. The topological polar surface area (TPSA) is 3.24 Å². The van der Waals surface area contributed by atoms with Crippen molar-refractivity contribution in [1.82, 2.24) is 4.90 Å². The molecule has 0 saturated heterocycles. The molecule has 0 atom stereocenters. The molecule has 0 bridgehead atoms. The van der Waals surface area contributed by atoms with Gasteiger partial charge in [-0.05, 0) is 31.9 Å². The highest BCUT2D eigenvalue weighted by Crippen LogP contribution is 2.46. The second kappa shape index (κ2) is 4.22. The normalized spacial score (nSPS) is 22.4. The molecule has 1 fully saturated rings. The molecule has 14 heavy (non-hydrogen) atoms. The third-order valence-electron chi connectivity index (χ3n) is 2.54. The van der Waals surface area contributed by atoms with Crippen molar-refractivity contribution < 1.29 is 0 Å². The van der Waals surface area contributed by atoms with Crippen molar-refractivity contribution in [2.75, 3.05) is 0 Å². The van der Waals surface area contributed by atoms with E-state index in [-0.39, 0.29) is 5.54 Å². The van der Waals surface area contributed by atoms with Crippen molar-refractivity contribution in [3.05, 3.63) is 35.7 Å². The average Bonchev–Trinajstić information content (AvgIpc) is 2.87. The molecule has 0 aromatic heterocycles. The van der Waals surface area contributed by atoms with Gasteiger partial charge in [0.25, 0.3) is 0 Å². The molecule has 2 rings (SSSR count). The Hall–Kier alpha value is -0.690. The molecular formula is C12H18ClN. The third-order valence-corrected chi connectivity index (χ3v) is 2.83. The summed E-state index contributed by atoms with van der Waals surface area (Å²) in [6, 6.07) is 0. The van der Waals surface area contributed by atoms with Gasteiger partial charge in [-0.2, -0.15) is 0 Å². The van der Waals surface area contributed by atoms with E-state index in [1.54, 1.807) is 0 Å². The molecular weight excluding hydrogens is 194 g/mol. The fourth-order valence-electron chi connectivity index (χ4n) is 1.53. The molecule has 2 heteroatoms. The van der Waals surface area contributed by atoms with Crippen molar-refractivity contribution in [3.8, 4) is 0 Å². The van der Waals surface area contributed by atoms with E-state index in [9.17, 15) is 0 Å². The van der Waals surface area contributed by atoms with Gasteiger partial charge in [0.2, 0.25) is 0 Å². The van der Waals surface area contributed by atoms with Gasteiger partial charge in [0.1, 0.15) is 5.16 Å². The number of allylic oxidation sites excluding steroid dienone is 3. The van der Waals surface area contributed by atoms with Gasteiger partial charge in [0, 0.05) is 11.2 Å². The van der Waals surface area contributed by atoms with Crippen molar-refractivity contribution in [2.24, 2.45) is 0 Å². The van der Waals surface area contributed by atoms with Crippen LogP contribution >= 0.6 is 11.6 Å². The molecule has 0 radical (unpaired) electrons. The first-order valence-corrected chi connectivity index (χ1v) is 5.54. The van der Waals surface area contributed by atoms with E-state index >= 15 is 0 Å². The first-order valence-electron chi connectivity index (χ1n) is 5.16. The predicted molar refractivity (Wildman–Crippen MR) is 63.0 cm³/mol. The molecule has 1 heterocycles. The maximum Gasteiger partial charge on any atom is 0.109 e. The minimum Gasteiger partial charge on any atom is -0.327 e. The van der Waals surface area contributed by atoms with Crippen LogP contribution in [0, 0.1) is 0 Å². The maximum atomic E-state index is 6.08. The highest BCUT2D eigenvalue weighted by Gasteiger charge is 2.45. The van der Waals surface area contributed by atoms with Crippen LogP contribution in [0.25, 0.3) is 0 Å². The van der Waals surface area contributed by atoms with E-state index in [2.05, 4.69) is 18.4 Å². The smallest absolute Gasteiger partial charge is 0.109 e. The van der Waals surface area contributed by atoms with Gasteiger partial charge >= 0.3 is 0 Å². The Balaban J connectivity index is 0.000000461. The quantitative estimate of drug-likeness (QED) is 0.592. The molecule has 1 nitrogen and oxygen atoms in total. The second-order valence-electron chi connectivity index (χ2n) is 3.67. The molecule has 0 unspecified atom stereocenters. The largest absolute Gasteiger partial charge is 0.327 e. The zero-order chi connectivity index (χ0) is 10.8. The molecule has 0 N–H and O–H groups in total. The first kappa shape index (κ1) is 11.4. The maximum absolute atomic E-state index is 6.08. The zero-order valence-corrected chi connectivity index (χ0v) is 9.93. The van der Waals surface area contributed by atoms with Crippen LogP contribution in [0.5, 0.6) is 0 Å². The Kier molecular flexibility index (Phi) is 3.43. The zero-order valence-electron chi connectivity index (χ0n) is 9.18. The van der Waals surface area contributed by atoms with Crippen LogP contribution in [-0.2, 0) is 0 Å². The molecule has 2 aliphatic rings. The van der Waals surface area contributed by atoms with E-state index in [1.165, 1.54) is 12.8 Å². The molecule has 0 aromatic carbocycles. The van der Waals surface area contributed by atoms with E-state index < -0.39 is 0 Å². The highest BCUT2D eigenvalue weighted by atomic mass is 35.5. The summed E-state index contributed by atoms with van der Waals surface area (Å²) < 4.78 is 0. The van der Waals surface area contributed by atoms with Crippen molar-refractivity contribution >= 4 is 11.6 Å². The van der Waals surface area contributed by atoms with Crippen molar-refractivity contribution in [1.29, 1.82) is 0 Å². The van der Waals surface area contributed by atoms with E-state index in [0.717, 1.165) is 10.9 Å². The lowest BCUT2D eigenvalue weighted by molar-refractivity contribution is 0.339. The minimum absolute atomic E-state index is 0.245. The fraction of sp³-hybridized carbons (Fsp3) is 0.500. The van der Waals surface area contributed by atoms with E-state index in [1.807, 2.05) is 32.1 Å². The van der Waals surface area contributed by atoms with Gasteiger partial charge in [-0.1, -0.05) is 38.1 Å². The molecule has 0 aromatic rings. The van der Waals surface area contributed by atoms with Crippen LogP contribution in [0.15, 0.2) is 35.7 Å². The van der Waals surface area contributed by atoms with Gasteiger partial charge in [-0.25, -0.2) is 0 Å². The summed E-state index contributed by atoms with van der Waals surface area (Å²) in [4.78, 5) is 2.12. The Morgan fingerprint density at radius 3 is 2.43 bits per heavy atom. The summed E-state index contributed by atoms with van der Waals surface area (Å²) in [5.41, 5.74) is 1.25. The van der Waals surface area contributed by atoms with Crippen molar-refractivity contribution in [3.63, 3.8) is 0 Å². The highest BCUT2D eigenvalue weighted by molar-refractivity contribution is 6.29. The van der Waals surface area contributed by atoms with Crippen LogP contribution in [0.3, 0.4) is 0 Å². The summed E-state index contributed by atoms with van der Waals surface area (Å²) in [5.74, 6) is 0. The fourth-order valence-corrected chi connectivity index (χ4v) is 1.92. The summed E-state index contributed by atoms with van der Waals surface area (Å²) in [7, 11) is 0. The number of nitrogens with zero attached hydrogens (tertiary/aromatic N) is 1. The number of hydrogen-bond acceptors (Lipinski definition) is 1. The van der Waals surface area contributed by atoms with E-state index in [0.29, 0.717) is 0 Å². The van der Waals surface area contributed by atoms with Crippen LogP contribution in [0.1, 0.15) is 33.6 Å². The molecule has 1 saturated carbocycles. The van der Waals surface area contributed by atoms with E-state index in [4.69, 9.17) is 11.6 Å². The summed E-state index contributed by atoms with van der Waals surface area (Å²) in [6.45, 7) is 10.2. The number of halogens is 1. The number of hydrogen-bond donors (Lipinski definition) is 0. The molecule has 1 aliphatic carbocycles. The Labute approximate surface area is 91.7 Å². The lowest BCUT2D eigenvalue weighted by Crippen LogP contribution is -2.31. The van der Waals surface area contributed by atoms with Gasteiger partial charge < -0.3 is 4.90 Å². The average molecular weight is 212 g/mol. The number of rotatable bonds is 1. The van der Waals surface area contributed by atoms with Gasteiger partial charge in [0.15, 0.2) is 0 Å². The third kappa shape index (κ3) is 2.03. The van der Waals surface area contributed by atoms with Crippen LogP contribution in [0.2, 0.25) is 0 Å². The van der Waals surface area contributed by atoms with Crippen LogP contribution in [-0.4, -0.2) is 10.4 Å². The Morgan fingerprint density at radius 2 is 2.00 bits per heavy atom. The van der Waals surface area contributed by atoms with Gasteiger partial charge in [-0.15, -0.1) is 0 Å². The van der Waals surface area contributed by atoms with Crippen LogP contribution < -0.4 is 0 Å². The SMILES string of the molecule is C=C1C=CC=C(Cl)N1C1(C)CC1.CC.